The molecule has 0 aliphatic carbocycles. The second kappa shape index (κ2) is 4.01. The summed E-state index contributed by atoms with van der Waals surface area (Å²) in [5.74, 6) is 0.688. The Balaban J connectivity index is 3.13. The summed E-state index contributed by atoms with van der Waals surface area (Å²) in [6, 6.07) is 2.01. The van der Waals surface area contributed by atoms with E-state index in [-0.39, 0.29) is 11.2 Å². The first-order chi connectivity index (χ1) is 6.83. The van der Waals surface area contributed by atoms with Crippen LogP contribution in [0.25, 0.3) is 0 Å². The third kappa shape index (κ3) is 2.78. The van der Waals surface area contributed by atoms with Gasteiger partial charge in [-0.15, -0.1) is 0 Å². The first kappa shape index (κ1) is 11.7. The molecule has 1 aromatic heterocycles. The number of rotatable bonds is 3. The first-order valence-corrected chi connectivity index (χ1v) is 5.05. The molecule has 1 aromatic rings. The molecule has 0 radical (unpaired) electrons. The average molecular weight is 206 g/mol. The highest BCUT2D eigenvalue weighted by Crippen LogP contribution is 2.31. The van der Waals surface area contributed by atoms with Gasteiger partial charge in [0.1, 0.15) is 11.6 Å². The van der Waals surface area contributed by atoms with E-state index in [9.17, 15) is 4.79 Å². The van der Waals surface area contributed by atoms with Gasteiger partial charge in [-0.2, -0.15) is 0 Å². The van der Waals surface area contributed by atoms with Crippen LogP contribution in [-0.2, 0) is 10.2 Å². The van der Waals surface area contributed by atoms with E-state index in [4.69, 9.17) is 5.73 Å². The van der Waals surface area contributed by atoms with Crippen LogP contribution in [0.3, 0.4) is 0 Å². The molecule has 3 nitrogen and oxygen atoms in total. The molecule has 0 unspecified atom stereocenters. The van der Waals surface area contributed by atoms with Crippen molar-refractivity contribution in [3.05, 3.63) is 23.4 Å². The van der Waals surface area contributed by atoms with E-state index >= 15 is 0 Å². The summed E-state index contributed by atoms with van der Waals surface area (Å²) in [7, 11) is 0. The summed E-state index contributed by atoms with van der Waals surface area (Å²) in [6.07, 6.45) is 2.23. The molecule has 0 atom stereocenters. The van der Waals surface area contributed by atoms with Crippen LogP contribution in [0.4, 0.5) is 5.82 Å². The number of hydrogen-bond acceptors (Lipinski definition) is 3. The molecular formula is C12H18N2O. The van der Waals surface area contributed by atoms with Gasteiger partial charge in [-0.25, -0.2) is 4.98 Å². The van der Waals surface area contributed by atoms with Crippen LogP contribution >= 0.6 is 0 Å². The zero-order valence-electron chi connectivity index (χ0n) is 9.79. The van der Waals surface area contributed by atoms with Crippen LogP contribution in [0.5, 0.6) is 0 Å². The number of nitrogens with zero attached hydrogens (tertiary/aromatic N) is 1. The van der Waals surface area contributed by atoms with Crippen molar-refractivity contribution in [1.29, 1.82) is 0 Å². The summed E-state index contributed by atoms with van der Waals surface area (Å²) in [4.78, 5) is 15.3. The number of ketones is 1. The molecule has 1 rings (SSSR count). The molecule has 15 heavy (non-hydrogen) atoms. The van der Waals surface area contributed by atoms with Crippen LogP contribution in [0.1, 0.15) is 38.3 Å². The number of hydrogen-bond donors (Lipinski definition) is 1. The van der Waals surface area contributed by atoms with Crippen molar-refractivity contribution in [3.8, 4) is 0 Å². The van der Waals surface area contributed by atoms with Crippen molar-refractivity contribution in [2.45, 2.75) is 39.5 Å². The number of nitrogen functional groups attached to an aromatic ring is 1. The first-order valence-electron chi connectivity index (χ1n) is 5.05. The molecule has 0 spiro atoms. The number of anilines is 1. The van der Waals surface area contributed by atoms with Crippen molar-refractivity contribution in [2.75, 3.05) is 5.73 Å². The van der Waals surface area contributed by atoms with E-state index < -0.39 is 0 Å². The second-order valence-electron chi connectivity index (χ2n) is 4.71. The van der Waals surface area contributed by atoms with Crippen molar-refractivity contribution in [2.24, 2.45) is 0 Å². The molecule has 0 amide bonds. The predicted molar refractivity (Wildman–Crippen MR) is 61.7 cm³/mol. The van der Waals surface area contributed by atoms with Crippen molar-refractivity contribution in [1.82, 2.24) is 4.98 Å². The Labute approximate surface area is 90.7 Å². The summed E-state index contributed by atoms with van der Waals surface area (Å²) < 4.78 is 0. The molecule has 0 saturated heterocycles. The van der Waals surface area contributed by atoms with Crippen molar-refractivity contribution in [3.63, 3.8) is 0 Å². The van der Waals surface area contributed by atoms with Gasteiger partial charge in [0.2, 0.25) is 0 Å². The molecule has 1 heterocycles. The Morgan fingerprint density at radius 1 is 1.53 bits per heavy atom. The van der Waals surface area contributed by atoms with Gasteiger partial charge in [0.05, 0.1) is 0 Å². The molecular weight excluding hydrogens is 188 g/mol. The van der Waals surface area contributed by atoms with Crippen LogP contribution in [-0.4, -0.2) is 10.8 Å². The molecule has 0 fully saturated rings. The number of Topliss-reactive ketones (excluding diaryl/α,β-unsaturated/α-hetero) is 1. The van der Waals surface area contributed by atoms with Gasteiger partial charge in [0.25, 0.3) is 0 Å². The predicted octanol–water partition coefficient (Wildman–Crippen LogP) is 2.23. The number of pyridine rings is 1. The molecule has 0 bridgehead atoms. The maximum absolute atomic E-state index is 11.2. The maximum atomic E-state index is 11.2. The SMILES string of the molecule is CC(=O)CC(C)(C)c1cc(C)cnc1N. The summed E-state index contributed by atoms with van der Waals surface area (Å²) >= 11 is 0. The third-order valence-corrected chi connectivity index (χ3v) is 2.48. The zero-order chi connectivity index (χ0) is 11.6. The van der Waals surface area contributed by atoms with Crippen LogP contribution < -0.4 is 5.73 Å². The van der Waals surface area contributed by atoms with Crippen LogP contribution in [0, 0.1) is 6.92 Å². The van der Waals surface area contributed by atoms with Crippen molar-refractivity contribution >= 4 is 11.6 Å². The molecule has 3 heteroatoms. The van der Waals surface area contributed by atoms with E-state index in [1.54, 1.807) is 13.1 Å². The van der Waals surface area contributed by atoms with E-state index in [0.29, 0.717) is 12.2 Å². The van der Waals surface area contributed by atoms with Gasteiger partial charge in [-0.1, -0.05) is 19.9 Å². The highest BCUT2D eigenvalue weighted by molar-refractivity contribution is 5.77. The quantitative estimate of drug-likeness (QED) is 0.825. The Bertz CT molecular complexity index is 383. The molecule has 0 aliphatic heterocycles. The molecule has 82 valence electrons. The Morgan fingerprint density at radius 2 is 2.13 bits per heavy atom. The van der Waals surface area contributed by atoms with Crippen molar-refractivity contribution < 1.29 is 4.79 Å². The normalized spacial score (nSPS) is 11.5. The zero-order valence-corrected chi connectivity index (χ0v) is 9.79. The lowest BCUT2D eigenvalue weighted by atomic mass is 9.80. The van der Waals surface area contributed by atoms with Gasteiger partial charge in [0, 0.05) is 23.6 Å². The monoisotopic (exact) mass is 206 g/mol. The van der Waals surface area contributed by atoms with Gasteiger partial charge < -0.3 is 5.73 Å². The minimum atomic E-state index is -0.241. The fraction of sp³-hybridized carbons (Fsp3) is 0.500. The lowest BCUT2D eigenvalue weighted by Gasteiger charge is -2.25. The Hall–Kier alpha value is -1.38. The number of carbonyl (C=O) groups excluding carboxylic acids is 1. The number of aromatic nitrogens is 1. The fourth-order valence-corrected chi connectivity index (χ4v) is 1.84. The highest BCUT2D eigenvalue weighted by atomic mass is 16.1. The molecule has 0 aliphatic rings. The Morgan fingerprint density at radius 3 is 2.67 bits per heavy atom. The summed E-state index contributed by atoms with van der Waals surface area (Å²) in [6.45, 7) is 7.60. The highest BCUT2D eigenvalue weighted by Gasteiger charge is 2.25. The third-order valence-electron chi connectivity index (χ3n) is 2.48. The van der Waals surface area contributed by atoms with Gasteiger partial charge in [-0.3, -0.25) is 4.79 Å². The second-order valence-corrected chi connectivity index (χ2v) is 4.71. The largest absolute Gasteiger partial charge is 0.383 e. The summed E-state index contributed by atoms with van der Waals surface area (Å²) in [5.41, 5.74) is 7.61. The summed E-state index contributed by atoms with van der Waals surface area (Å²) in [5, 5.41) is 0. The lowest BCUT2D eigenvalue weighted by Crippen LogP contribution is -2.22. The lowest BCUT2D eigenvalue weighted by molar-refractivity contribution is -0.118. The van der Waals surface area contributed by atoms with Gasteiger partial charge >= 0.3 is 0 Å². The number of carbonyl (C=O) groups is 1. The smallest absolute Gasteiger partial charge is 0.130 e. The topological polar surface area (TPSA) is 56.0 Å². The minimum absolute atomic E-state index is 0.168. The van der Waals surface area contributed by atoms with Gasteiger partial charge in [0.15, 0.2) is 0 Å². The van der Waals surface area contributed by atoms with E-state index in [2.05, 4.69) is 4.98 Å². The van der Waals surface area contributed by atoms with Crippen LogP contribution in [0.2, 0.25) is 0 Å². The fourth-order valence-electron chi connectivity index (χ4n) is 1.84. The molecule has 2 N–H and O–H groups in total. The standard InChI is InChI=1S/C12H18N2O/c1-8-5-10(11(13)14-7-8)12(3,4)6-9(2)15/h5,7H,6H2,1-4H3,(H2,13,14). The minimum Gasteiger partial charge on any atom is -0.383 e. The van der Waals surface area contributed by atoms with Crippen LogP contribution in [0.15, 0.2) is 12.3 Å². The van der Waals surface area contributed by atoms with Gasteiger partial charge in [-0.05, 0) is 19.4 Å². The van der Waals surface area contributed by atoms with E-state index in [1.165, 1.54) is 0 Å². The van der Waals surface area contributed by atoms with E-state index in [1.807, 2.05) is 26.8 Å². The van der Waals surface area contributed by atoms with E-state index in [0.717, 1.165) is 11.1 Å². The number of nitrogens with two attached hydrogens (primary N) is 1. The maximum Gasteiger partial charge on any atom is 0.130 e. The molecule has 0 aromatic carbocycles. The molecule has 0 saturated carbocycles. The average Bonchev–Trinajstić information content (AvgIpc) is 2.06. The number of aryl methyl sites for hydroxylation is 1. The Kier molecular flexibility index (Phi) is 3.12.